The Morgan fingerprint density at radius 3 is 1.89 bits per heavy atom. The van der Waals surface area contributed by atoms with Gasteiger partial charge in [0.1, 0.15) is 6.61 Å². The normalized spacial score (nSPS) is 20.5. The largest absolute Gasteiger partial charge is 0.461 e. The van der Waals surface area contributed by atoms with Crippen LogP contribution in [0.4, 0.5) is 0 Å². The summed E-state index contributed by atoms with van der Waals surface area (Å²) in [5.41, 5.74) is 7.43. The van der Waals surface area contributed by atoms with Crippen molar-refractivity contribution in [1.29, 1.82) is 0 Å². The summed E-state index contributed by atoms with van der Waals surface area (Å²) in [7, 11) is -2.72. The predicted molar refractivity (Wildman–Crippen MR) is 144 cm³/mol. The summed E-state index contributed by atoms with van der Waals surface area (Å²) in [4.78, 5) is 12.8. The van der Waals surface area contributed by atoms with Crippen molar-refractivity contribution < 1.29 is 14.0 Å². The summed E-state index contributed by atoms with van der Waals surface area (Å²) in [5.74, 6) is -0.154. The molecule has 0 amide bonds. The smallest absolute Gasteiger partial charge is 0.306 e. The van der Waals surface area contributed by atoms with Crippen LogP contribution < -0.4 is 16.1 Å². The molecule has 2 N–H and O–H groups in total. The number of carbonyl (C=O) groups is 1. The van der Waals surface area contributed by atoms with Crippen LogP contribution in [0.25, 0.3) is 0 Å². The van der Waals surface area contributed by atoms with Gasteiger partial charge in [-0.15, -0.1) is 0 Å². The van der Waals surface area contributed by atoms with Crippen molar-refractivity contribution in [1.82, 2.24) is 0 Å². The van der Waals surface area contributed by atoms with Crippen LogP contribution >= 0.6 is 0 Å². The fraction of sp³-hybridized carbons (Fsp3) is 0.367. The Bertz CT molecular complexity index is 1040. The highest BCUT2D eigenvalue weighted by molar-refractivity contribution is 6.99. The molecular weight excluding hydrogens is 450 g/mol. The van der Waals surface area contributed by atoms with Gasteiger partial charge >= 0.3 is 5.97 Å². The van der Waals surface area contributed by atoms with Crippen molar-refractivity contribution in [3.63, 3.8) is 0 Å². The summed E-state index contributed by atoms with van der Waals surface area (Å²) in [6, 6.07) is 31.1. The van der Waals surface area contributed by atoms with Crippen molar-refractivity contribution in [2.75, 3.05) is 0 Å². The molecule has 0 saturated heterocycles. The molecule has 35 heavy (non-hydrogen) atoms. The Labute approximate surface area is 210 Å². The summed E-state index contributed by atoms with van der Waals surface area (Å²) < 4.78 is 12.9. The highest BCUT2D eigenvalue weighted by Crippen LogP contribution is 2.41. The Kier molecular flexibility index (Phi) is 7.90. The molecule has 4 nitrogen and oxygen atoms in total. The standard InChI is InChI=1S/C30H37NO3Si/c1-30(2,3)35(26-15-9-5-10-16-26,27-17-11-6-12-18-27)34-28-21-25(31)19-24(28)20-29(32)33-22-23-13-7-4-8-14-23/h4-18,24-25,28H,19-22,31H2,1-3H3/t24-,25-,28+/m1/s1. The summed E-state index contributed by atoms with van der Waals surface area (Å²) in [6.45, 7) is 7.12. The summed E-state index contributed by atoms with van der Waals surface area (Å²) >= 11 is 0. The van der Waals surface area contributed by atoms with Crippen molar-refractivity contribution in [3.8, 4) is 0 Å². The zero-order valence-electron chi connectivity index (χ0n) is 21.0. The van der Waals surface area contributed by atoms with Crippen LogP contribution in [0.2, 0.25) is 5.04 Å². The lowest BCUT2D eigenvalue weighted by Gasteiger charge is -2.45. The van der Waals surface area contributed by atoms with Gasteiger partial charge in [-0.1, -0.05) is 112 Å². The number of rotatable bonds is 8. The lowest BCUT2D eigenvalue weighted by Crippen LogP contribution is -2.68. The highest BCUT2D eigenvalue weighted by Gasteiger charge is 2.53. The second kappa shape index (κ2) is 10.9. The third-order valence-corrected chi connectivity index (χ3v) is 12.1. The van der Waals surface area contributed by atoms with Gasteiger partial charge in [0.2, 0.25) is 0 Å². The molecule has 0 radical (unpaired) electrons. The molecule has 3 aromatic rings. The molecule has 0 spiro atoms. The van der Waals surface area contributed by atoms with Crippen LogP contribution in [0.3, 0.4) is 0 Å². The maximum absolute atomic E-state index is 12.8. The van der Waals surface area contributed by atoms with Crippen LogP contribution in [0.1, 0.15) is 45.6 Å². The molecule has 4 rings (SSSR count). The van der Waals surface area contributed by atoms with Gasteiger partial charge in [0.25, 0.3) is 8.32 Å². The van der Waals surface area contributed by atoms with E-state index < -0.39 is 8.32 Å². The molecule has 5 heteroatoms. The third-order valence-electron chi connectivity index (χ3n) is 7.08. The number of nitrogens with two attached hydrogens (primary N) is 1. The van der Waals surface area contributed by atoms with Gasteiger partial charge in [0.15, 0.2) is 0 Å². The summed E-state index contributed by atoms with van der Waals surface area (Å²) in [5, 5.41) is 2.36. The van der Waals surface area contributed by atoms with Gasteiger partial charge in [0.05, 0.1) is 12.5 Å². The van der Waals surface area contributed by atoms with Crippen molar-refractivity contribution in [3.05, 3.63) is 96.6 Å². The molecular formula is C30H37NO3Si. The first-order chi connectivity index (χ1) is 16.8. The maximum atomic E-state index is 12.8. The number of carbonyl (C=O) groups excluding carboxylic acids is 1. The minimum absolute atomic E-state index is 0.0186. The van der Waals surface area contributed by atoms with Crippen molar-refractivity contribution in [2.45, 2.75) is 63.8 Å². The SMILES string of the molecule is CC(C)(C)[Si](O[C@H]1C[C@H](N)C[C@@H]1CC(=O)OCc1ccccc1)(c1ccccc1)c1ccccc1. The van der Waals surface area contributed by atoms with E-state index >= 15 is 0 Å². The average molecular weight is 488 g/mol. The third kappa shape index (κ3) is 5.75. The molecule has 0 aliphatic heterocycles. The first-order valence-electron chi connectivity index (χ1n) is 12.5. The molecule has 1 aliphatic rings. The molecule has 0 heterocycles. The minimum Gasteiger partial charge on any atom is -0.461 e. The zero-order valence-corrected chi connectivity index (χ0v) is 22.0. The minimum atomic E-state index is -2.72. The second-order valence-electron chi connectivity index (χ2n) is 10.7. The first kappa shape index (κ1) is 25.4. The number of benzene rings is 3. The van der Waals surface area contributed by atoms with Gasteiger partial charge in [0, 0.05) is 6.04 Å². The van der Waals surface area contributed by atoms with Gasteiger partial charge in [-0.2, -0.15) is 0 Å². The van der Waals surface area contributed by atoms with E-state index in [0.717, 1.165) is 18.4 Å². The molecule has 3 atom stereocenters. The van der Waals surface area contributed by atoms with Gasteiger partial charge in [-0.25, -0.2) is 0 Å². The Hall–Kier alpha value is -2.73. The molecule has 1 fully saturated rings. The Morgan fingerprint density at radius 1 is 0.857 bits per heavy atom. The van der Waals surface area contributed by atoms with Crippen molar-refractivity contribution in [2.24, 2.45) is 11.7 Å². The molecule has 0 aromatic heterocycles. The maximum Gasteiger partial charge on any atom is 0.306 e. The lowest BCUT2D eigenvalue weighted by molar-refractivity contribution is -0.146. The van der Waals surface area contributed by atoms with E-state index in [1.807, 2.05) is 42.5 Å². The monoisotopic (exact) mass is 487 g/mol. The van der Waals surface area contributed by atoms with Crippen LogP contribution in [0.15, 0.2) is 91.0 Å². The van der Waals surface area contributed by atoms with Crippen molar-refractivity contribution >= 4 is 24.7 Å². The second-order valence-corrected chi connectivity index (χ2v) is 14.9. The quantitative estimate of drug-likeness (QED) is 0.366. The van der Waals surface area contributed by atoms with E-state index in [-0.39, 0.29) is 29.1 Å². The topological polar surface area (TPSA) is 61.5 Å². The number of esters is 1. The molecule has 3 aromatic carbocycles. The molecule has 184 valence electrons. The average Bonchev–Trinajstić information content (AvgIpc) is 3.20. The molecule has 1 saturated carbocycles. The number of hydrogen-bond donors (Lipinski definition) is 1. The van der Waals surface area contributed by atoms with Gasteiger partial charge in [-0.05, 0) is 39.7 Å². The van der Waals surface area contributed by atoms with Gasteiger partial charge < -0.3 is 14.9 Å². The Morgan fingerprint density at radius 2 is 1.37 bits per heavy atom. The van der Waals surface area contributed by atoms with E-state index in [9.17, 15) is 4.79 Å². The predicted octanol–water partition coefficient (Wildman–Crippen LogP) is 4.80. The van der Waals surface area contributed by atoms with Crippen LogP contribution in [-0.2, 0) is 20.6 Å². The van der Waals surface area contributed by atoms with E-state index in [4.69, 9.17) is 14.9 Å². The van der Waals surface area contributed by atoms with E-state index in [1.165, 1.54) is 10.4 Å². The Balaban J connectivity index is 1.61. The zero-order chi connectivity index (χ0) is 24.9. The molecule has 1 aliphatic carbocycles. The van der Waals surface area contributed by atoms with E-state index in [2.05, 4.69) is 69.3 Å². The number of ether oxygens (including phenoxy) is 1. The van der Waals surface area contributed by atoms with Crippen LogP contribution in [0, 0.1) is 5.92 Å². The van der Waals surface area contributed by atoms with Gasteiger partial charge in [-0.3, -0.25) is 4.79 Å². The fourth-order valence-electron chi connectivity index (χ4n) is 5.42. The lowest BCUT2D eigenvalue weighted by atomic mass is 10.0. The molecule has 0 bridgehead atoms. The number of hydrogen-bond acceptors (Lipinski definition) is 4. The first-order valence-corrected chi connectivity index (χ1v) is 14.4. The van der Waals surface area contributed by atoms with Crippen LogP contribution in [-0.4, -0.2) is 26.4 Å². The summed E-state index contributed by atoms with van der Waals surface area (Å²) in [6.07, 6.45) is 1.74. The van der Waals surface area contributed by atoms with Crippen LogP contribution in [0.5, 0.6) is 0 Å². The molecule has 0 unspecified atom stereocenters. The van der Waals surface area contributed by atoms with E-state index in [0.29, 0.717) is 13.0 Å². The fourth-order valence-corrected chi connectivity index (χ4v) is 10.2. The van der Waals surface area contributed by atoms with E-state index in [1.54, 1.807) is 0 Å². The highest BCUT2D eigenvalue weighted by atomic mass is 28.4.